The molecule has 1 N–H and O–H groups in total. The first-order valence-corrected chi connectivity index (χ1v) is 9.21. The molecule has 0 unspecified atom stereocenters. The Bertz CT molecular complexity index is 1450. The van der Waals surface area contributed by atoms with Crippen molar-refractivity contribution in [2.45, 2.75) is 0 Å². The number of hydrogen-bond acceptors (Lipinski definition) is 4. The van der Waals surface area contributed by atoms with Gasteiger partial charge in [0.2, 0.25) is 0 Å². The molecule has 6 nitrogen and oxygen atoms in total. The summed E-state index contributed by atoms with van der Waals surface area (Å²) >= 11 is 0. The van der Waals surface area contributed by atoms with E-state index < -0.39 is 22.9 Å². The Morgan fingerprint density at radius 3 is 2.52 bits per heavy atom. The van der Waals surface area contributed by atoms with E-state index in [1.807, 2.05) is 6.07 Å². The predicted octanol–water partition coefficient (Wildman–Crippen LogP) is 4.27. The Balaban J connectivity index is 1.93. The number of benzene rings is 3. The van der Waals surface area contributed by atoms with Gasteiger partial charge in [-0.2, -0.15) is 5.26 Å². The minimum atomic E-state index is -1.43. The lowest BCUT2D eigenvalue weighted by Gasteiger charge is -2.12. The molecule has 4 rings (SSSR count). The van der Waals surface area contributed by atoms with E-state index in [4.69, 9.17) is 5.26 Å². The SMILES string of the molecule is N#Cc1ccc(/C=C/c2nc3ccccc3c(=O)n2-c2ccc(F)c(C(=O)O)c2)cc1. The Labute approximate surface area is 175 Å². The summed E-state index contributed by atoms with van der Waals surface area (Å²) in [4.78, 5) is 29.1. The van der Waals surface area contributed by atoms with E-state index in [1.54, 1.807) is 60.7 Å². The normalized spacial score (nSPS) is 11.0. The van der Waals surface area contributed by atoms with Crippen molar-refractivity contribution in [3.05, 3.63) is 105 Å². The van der Waals surface area contributed by atoms with Crippen molar-refractivity contribution >= 4 is 29.0 Å². The van der Waals surface area contributed by atoms with Crippen molar-refractivity contribution in [3.63, 3.8) is 0 Å². The molecule has 0 saturated carbocycles. The number of carbonyl (C=O) groups is 1. The Hall–Kier alpha value is -4.57. The number of rotatable bonds is 4. The molecule has 0 amide bonds. The molecule has 0 aliphatic rings. The molecular weight excluding hydrogens is 397 g/mol. The third-order valence-electron chi connectivity index (χ3n) is 4.70. The third-order valence-corrected chi connectivity index (χ3v) is 4.70. The Morgan fingerprint density at radius 2 is 1.81 bits per heavy atom. The maximum atomic E-state index is 13.9. The van der Waals surface area contributed by atoms with E-state index in [2.05, 4.69) is 4.98 Å². The van der Waals surface area contributed by atoms with E-state index in [1.165, 1.54) is 10.6 Å². The van der Waals surface area contributed by atoms with Crippen molar-refractivity contribution in [3.8, 4) is 11.8 Å². The molecule has 0 bridgehead atoms. The molecule has 0 radical (unpaired) electrons. The molecule has 1 heterocycles. The standard InChI is InChI=1S/C24H14FN3O3/c25-20-11-10-17(13-19(20)24(30)31)28-22(12-9-15-5-7-16(14-26)8-6-15)27-21-4-2-1-3-18(21)23(28)29/h1-13H,(H,30,31)/b12-9+. The molecule has 31 heavy (non-hydrogen) atoms. The lowest BCUT2D eigenvalue weighted by Crippen LogP contribution is -2.22. The quantitative estimate of drug-likeness (QED) is 0.541. The number of carboxylic acids is 1. The average molecular weight is 411 g/mol. The van der Waals surface area contributed by atoms with Crippen LogP contribution in [-0.4, -0.2) is 20.6 Å². The van der Waals surface area contributed by atoms with Gasteiger partial charge in [-0.15, -0.1) is 0 Å². The van der Waals surface area contributed by atoms with Crippen LogP contribution in [0, 0.1) is 17.1 Å². The number of carboxylic acid groups (broad SMARTS) is 1. The van der Waals surface area contributed by atoms with Gasteiger partial charge in [0, 0.05) is 0 Å². The predicted molar refractivity (Wildman–Crippen MR) is 114 cm³/mol. The fraction of sp³-hybridized carbons (Fsp3) is 0. The molecule has 7 heteroatoms. The fourth-order valence-electron chi connectivity index (χ4n) is 3.17. The van der Waals surface area contributed by atoms with Crippen molar-refractivity contribution in [1.29, 1.82) is 5.26 Å². The van der Waals surface area contributed by atoms with Gasteiger partial charge in [-0.3, -0.25) is 9.36 Å². The fourth-order valence-corrected chi connectivity index (χ4v) is 3.17. The second-order valence-electron chi connectivity index (χ2n) is 6.66. The monoisotopic (exact) mass is 411 g/mol. The van der Waals surface area contributed by atoms with Gasteiger partial charge in [0.1, 0.15) is 11.6 Å². The minimum absolute atomic E-state index is 0.182. The minimum Gasteiger partial charge on any atom is -0.478 e. The van der Waals surface area contributed by atoms with Crippen LogP contribution in [0.15, 0.2) is 71.5 Å². The zero-order chi connectivity index (χ0) is 22.0. The van der Waals surface area contributed by atoms with Gasteiger partial charge in [-0.25, -0.2) is 14.2 Å². The Morgan fingerprint density at radius 1 is 1.06 bits per heavy atom. The van der Waals surface area contributed by atoms with Gasteiger partial charge in [0.25, 0.3) is 5.56 Å². The highest BCUT2D eigenvalue weighted by atomic mass is 19.1. The van der Waals surface area contributed by atoms with Gasteiger partial charge in [-0.05, 0) is 54.1 Å². The van der Waals surface area contributed by atoms with E-state index in [0.717, 1.165) is 17.7 Å². The number of hydrogen-bond donors (Lipinski definition) is 1. The van der Waals surface area contributed by atoms with Crippen molar-refractivity contribution in [1.82, 2.24) is 9.55 Å². The van der Waals surface area contributed by atoms with Crippen LogP contribution in [0.4, 0.5) is 4.39 Å². The van der Waals surface area contributed by atoms with Crippen molar-refractivity contribution in [2.75, 3.05) is 0 Å². The highest BCUT2D eigenvalue weighted by Crippen LogP contribution is 2.18. The van der Waals surface area contributed by atoms with Gasteiger partial charge < -0.3 is 5.11 Å². The second-order valence-corrected chi connectivity index (χ2v) is 6.66. The molecule has 0 spiro atoms. The summed E-state index contributed by atoms with van der Waals surface area (Å²) in [6, 6.07) is 19.1. The van der Waals surface area contributed by atoms with Crippen LogP contribution >= 0.6 is 0 Å². The average Bonchev–Trinajstić information content (AvgIpc) is 2.78. The van der Waals surface area contributed by atoms with Gasteiger partial charge >= 0.3 is 5.97 Å². The molecule has 0 saturated heterocycles. The van der Waals surface area contributed by atoms with Crippen molar-refractivity contribution < 1.29 is 14.3 Å². The maximum Gasteiger partial charge on any atom is 0.338 e. The number of fused-ring (bicyclic) bond motifs is 1. The number of para-hydroxylation sites is 1. The summed E-state index contributed by atoms with van der Waals surface area (Å²) in [6.07, 6.45) is 3.33. The number of aromatic carboxylic acids is 1. The van der Waals surface area contributed by atoms with Gasteiger partial charge in [0.15, 0.2) is 0 Å². The van der Waals surface area contributed by atoms with E-state index >= 15 is 0 Å². The highest BCUT2D eigenvalue weighted by molar-refractivity contribution is 5.89. The summed E-state index contributed by atoms with van der Waals surface area (Å²) in [5.74, 6) is -2.08. The van der Waals surface area contributed by atoms with Crippen LogP contribution in [0.2, 0.25) is 0 Å². The summed E-state index contributed by atoms with van der Waals surface area (Å²) in [7, 11) is 0. The maximum absolute atomic E-state index is 13.9. The molecular formula is C24H14FN3O3. The van der Waals surface area contributed by atoms with E-state index in [9.17, 15) is 19.1 Å². The highest BCUT2D eigenvalue weighted by Gasteiger charge is 2.16. The second kappa shape index (κ2) is 8.05. The molecule has 4 aromatic rings. The Kier molecular flexibility index (Phi) is 5.12. The van der Waals surface area contributed by atoms with Crippen LogP contribution in [0.1, 0.15) is 27.3 Å². The zero-order valence-electron chi connectivity index (χ0n) is 16.0. The summed E-state index contributed by atoms with van der Waals surface area (Å²) in [5, 5.41) is 18.5. The number of aromatic nitrogens is 2. The summed E-state index contributed by atoms with van der Waals surface area (Å²) in [5.41, 5.74) is 1.00. The molecule has 150 valence electrons. The van der Waals surface area contributed by atoms with Crippen molar-refractivity contribution in [2.24, 2.45) is 0 Å². The van der Waals surface area contributed by atoms with Crippen LogP contribution in [0.5, 0.6) is 0 Å². The first-order valence-electron chi connectivity index (χ1n) is 9.21. The van der Waals surface area contributed by atoms with Crippen LogP contribution < -0.4 is 5.56 Å². The number of nitrogens with zero attached hydrogens (tertiary/aromatic N) is 3. The first kappa shape index (κ1) is 19.7. The summed E-state index contributed by atoms with van der Waals surface area (Å²) < 4.78 is 15.1. The van der Waals surface area contributed by atoms with E-state index in [-0.39, 0.29) is 11.5 Å². The molecule has 0 fully saturated rings. The topological polar surface area (TPSA) is 96.0 Å². The molecule has 0 atom stereocenters. The number of nitriles is 1. The van der Waals surface area contributed by atoms with Crippen LogP contribution in [0.25, 0.3) is 28.7 Å². The summed E-state index contributed by atoms with van der Waals surface area (Å²) in [6.45, 7) is 0. The molecule has 0 aliphatic heterocycles. The molecule has 0 aliphatic carbocycles. The molecule has 3 aromatic carbocycles. The zero-order valence-corrected chi connectivity index (χ0v) is 16.0. The third kappa shape index (κ3) is 3.82. The molecule has 1 aromatic heterocycles. The smallest absolute Gasteiger partial charge is 0.338 e. The lowest BCUT2D eigenvalue weighted by atomic mass is 10.1. The lowest BCUT2D eigenvalue weighted by molar-refractivity contribution is 0.0692. The van der Waals surface area contributed by atoms with E-state index in [0.29, 0.717) is 16.5 Å². The van der Waals surface area contributed by atoms with Gasteiger partial charge in [-0.1, -0.05) is 30.3 Å². The van der Waals surface area contributed by atoms with Crippen LogP contribution in [-0.2, 0) is 0 Å². The largest absolute Gasteiger partial charge is 0.478 e. The number of halogens is 1. The van der Waals surface area contributed by atoms with Crippen LogP contribution in [0.3, 0.4) is 0 Å². The van der Waals surface area contributed by atoms with Gasteiger partial charge in [0.05, 0.1) is 33.8 Å². The first-order chi connectivity index (χ1) is 15.0.